The van der Waals surface area contributed by atoms with Crippen molar-refractivity contribution in [1.82, 2.24) is 20.0 Å². The van der Waals surface area contributed by atoms with Crippen LogP contribution >= 0.6 is 11.6 Å². The van der Waals surface area contributed by atoms with E-state index in [9.17, 15) is 4.79 Å². The summed E-state index contributed by atoms with van der Waals surface area (Å²) in [4.78, 5) is 21.4. The second kappa shape index (κ2) is 11.4. The van der Waals surface area contributed by atoms with E-state index < -0.39 is 0 Å². The molecule has 0 spiro atoms. The van der Waals surface area contributed by atoms with Crippen molar-refractivity contribution in [2.75, 3.05) is 81.9 Å². The molecule has 0 N–H and O–H groups in total. The number of hydrogen-bond donors (Lipinski definition) is 0. The summed E-state index contributed by atoms with van der Waals surface area (Å²) in [6.45, 7) is 8.68. The summed E-state index contributed by atoms with van der Waals surface area (Å²) in [5.74, 6) is 2.41. The van der Waals surface area contributed by atoms with Gasteiger partial charge >= 0.3 is 0 Å². The number of aromatic nitrogens is 2. The largest absolute Gasteiger partial charge is 0.484 e. The van der Waals surface area contributed by atoms with Gasteiger partial charge in [0.1, 0.15) is 5.75 Å². The molecule has 0 bridgehead atoms. The Hall–Kier alpha value is -2.62. The number of rotatable bonds is 7. The standard InChI is InChI=1S/C25H33ClN6O3/c26-20-3-5-21(6-4-20)35-19-25(33)32-15-13-31(14-16-32)24-8-7-23(27-28-24)30-11-9-29(10-12-30)18-22-2-1-17-34-22/h3-8,22H,1-2,9-19H2. The molecule has 3 fully saturated rings. The van der Waals surface area contributed by atoms with Crippen molar-refractivity contribution in [1.29, 1.82) is 0 Å². The van der Waals surface area contributed by atoms with Crippen LogP contribution in [0.25, 0.3) is 0 Å². The lowest BCUT2D eigenvalue weighted by atomic mass is 10.2. The summed E-state index contributed by atoms with van der Waals surface area (Å²) in [5, 5.41) is 9.65. The highest BCUT2D eigenvalue weighted by Crippen LogP contribution is 2.20. The highest BCUT2D eigenvalue weighted by atomic mass is 35.5. The molecular weight excluding hydrogens is 468 g/mol. The van der Waals surface area contributed by atoms with Crippen molar-refractivity contribution in [3.63, 3.8) is 0 Å². The van der Waals surface area contributed by atoms with Crippen LogP contribution in [0.3, 0.4) is 0 Å². The van der Waals surface area contributed by atoms with Gasteiger partial charge in [-0.1, -0.05) is 11.6 Å². The molecule has 1 aromatic carbocycles. The van der Waals surface area contributed by atoms with E-state index >= 15 is 0 Å². The van der Waals surface area contributed by atoms with Crippen molar-refractivity contribution < 1.29 is 14.3 Å². The molecule has 1 atom stereocenters. The predicted octanol–water partition coefficient (Wildman–Crippen LogP) is 2.16. The third-order valence-corrected chi connectivity index (χ3v) is 7.20. The van der Waals surface area contributed by atoms with Gasteiger partial charge in [-0.15, -0.1) is 10.2 Å². The quantitative estimate of drug-likeness (QED) is 0.572. The lowest BCUT2D eigenvalue weighted by molar-refractivity contribution is -0.133. The van der Waals surface area contributed by atoms with Crippen LogP contribution in [0.5, 0.6) is 5.75 Å². The number of benzene rings is 1. The van der Waals surface area contributed by atoms with E-state index in [0.29, 0.717) is 30.0 Å². The summed E-state index contributed by atoms with van der Waals surface area (Å²) in [6, 6.07) is 11.1. The van der Waals surface area contributed by atoms with Crippen LogP contribution in [0.4, 0.5) is 11.6 Å². The molecule has 2 aromatic rings. The van der Waals surface area contributed by atoms with Crippen LogP contribution in [0.15, 0.2) is 36.4 Å². The van der Waals surface area contributed by atoms with Gasteiger partial charge in [0.2, 0.25) is 0 Å². The van der Waals surface area contributed by atoms with Gasteiger partial charge in [-0.3, -0.25) is 9.69 Å². The van der Waals surface area contributed by atoms with Gasteiger partial charge in [0.25, 0.3) is 5.91 Å². The first-order valence-corrected chi connectivity index (χ1v) is 12.9. The van der Waals surface area contributed by atoms with E-state index in [1.165, 1.54) is 12.8 Å². The van der Waals surface area contributed by atoms with Crippen molar-refractivity contribution in [3.05, 3.63) is 41.4 Å². The second-order valence-corrected chi connectivity index (χ2v) is 9.72. The minimum absolute atomic E-state index is 0.0142. The van der Waals surface area contributed by atoms with Crippen LogP contribution in [-0.4, -0.2) is 104 Å². The number of ether oxygens (including phenoxy) is 2. The second-order valence-electron chi connectivity index (χ2n) is 9.28. The molecule has 188 valence electrons. The Bertz CT molecular complexity index is 954. The Balaban J connectivity index is 1.05. The minimum atomic E-state index is -0.0142. The number of amides is 1. The molecule has 0 radical (unpaired) electrons. The molecule has 0 saturated carbocycles. The third kappa shape index (κ3) is 6.34. The highest BCUT2D eigenvalue weighted by molar-refractivity contribution is 6.30. The highest BCUT2D eigenvalue weighted by Gasteiger charge is 2.25. The maximum atomic E-state index is 12.5. The van der Waals surface area contributed by atoms with E-state index in [4.69, 9.17) is 21.1 Å². The van der Waals surface area contributed by atoms with Gasteiger partial charge in [0.05, 0.1) is 6.10 Å². The fraction of sp³-hybridized carbons (Fsp3) is 0.560. The Morgan fingerprint density at radius 2 is 1.54 bits per heavy atom. The van der Waals surface area contributed by atoms with E-state index in [0.717, 1.165) is 64.1 Å². The smallest absolute Gasteiger partial charge is 0.260 e. The maximum Gasteiger partial charge on any atom is 0.260 e. The predicted molar refractivity (Wildman–Crippen MR) is 135 cm³/mol. The van der Waals surface area contributed by atoms with Gasteiger partial charge in [-0.05, 0) is 49.2 Å². The molecule has 0 aliphatic carbocycles. The molecule has 9 nitrogen and oxygen atoms in total. The molecule has 35 heavy (non-hydrogen) atoms. The van der Waals surface area contributed by atoms with Crippen molar-refractivity contribution in [2.24, 2.45) is 0 Å². The van der Waals surface area contributed by atoms with E-state index in [2.05, 4.69) is 31.0 Å². The number of carbonyl (C=O) groups is 1. The fourth-order valence-electron chi connectivity index (χ4n) is 4.84. The zero-order chi connectivity index (χ0) is 24.0. The fourth-order valence-corrected chi connectivity index (χ4v) is 4.97. The summed E-state index contributed by atoms with van der Waals surface area (Å²) in [5.41, 5.74) is 0. The van der Waals surface area contributed by atoms with Crippen LogP contribution < -0.4 is 14.5 Å². The number of carbonyl (C=O) groups excluding carboxylic acids is 1. The van der Waals surface area contributed by atoms with Crippen LogP contribution in [0, 0.1) is 0 Å². The zero-order valence-electron chi connectivity index (χ0n) is 20.0. The summed E-state index contributed by atoms with van der Waals surface area (Å²) in [7, 11) is 0. The van der Waals surface area contributed by atoms with Crippen LogP contribution in [0.2, 0.25) is 5.02 Å². The van der Waals surface area contributed by atoms with Gasteiger partial charge in [-0.2, -0.15) is 0 Å². The Morgan fingerprint density at radius 3 is 2.11 bits per heavy atom. The molecule has 10 heteroatoms. The zero-order valence-corrected chi connectivity index (χ0v) is 20.8. The lowest BCUT2D eigenvalue weighted by Crippen LogP contribution is -2.50. The van der Waals surface area contributed by atoms with Crippen molar-refractivity contribution in [3.8, 4) is 5.75 Å². The molecule has 5 rings (SSSR count). The summed E-state index contributed by atoms with van der Waals surface area (Å²) in [6.07, 6.45) is 2.79. The molecule has 1 unspecified atom stereocenters. The molecule has 3 aliphatic heterocycles. The number of anilines is 2. The molecule has 3 saturated heterocycles. The minimum Gasteiger partial charge on any atom is -0.484 e. The summed E-state index contributed by atoms with van der Waals surface area (Å²) < 4.78 is 11.4. The van der Waals surface area contributed by atoms with Gasteiger partial charge in [-0.25, -0.2) is 0 Å². The summed E-state index contributed by atoms with van der Waals surface area (Å²) >= 11 is 5.89. The van der Waals surface area contributed by atoms with Crippen LogP contribution in [-0.2, 0) is 9.53 Å². The Kier molecular flexibility index (Phi) is 7.85. The normalized spacial score (nSPS) is 21.4. The van der Waals surface area contributed by atoms with E-state index in [1.807, 2.05) is 11.0 Å². The van der Waals surface area contributed by atoms with Gasteiger partial charge in [0.15, 0.2) is 18.2 Å². The van der Waals surface area contributed by atoms with Crippen molar-refractivity contribution in [2.45, 2.75) is 18.9 Å². The number of hydrogen-bond acceptors (Lipinski definition) is 8. The van der Waals surface area contributed by atoms with Gasteiger partial charge in [0, 0.05) is 70.5 Å². The average Bonchev–Trinajstić information content (AvgIpc) is 3.42. The molecule has 1 amide bonds. The lowest BCUT2D eigenvalue weighted by Gasteiger charge is -2.37. The first kappa shape index (κ1) is 24.1. The molecule has 3 aliphatic rings. The van der Waals surface area contributed by atoms with Gasteiger partial charge < -0.3 is 24.2 Å². The topological polar surface area (TPSA) is 74.3 Å². The first-order chi connectivity index (χ1) is 17.1. The number of nitrogens with zero attached hydrogens (tertiary/aromatic N) is 6. The van der Waals surface area contributed by atoms with Crippen molar-refractivity contribution >= 4 is 29.1 Å². The monoisotopic (exact) mass is 500 g/mol. The molecule has 1 aromatic heterocycles. The number of halogens is 1. The maximum absolute atomic E-state index is 12.5. The first-order valence-electron chi connectivity index (χ1n) is 12.5. The molecular formula is C25H33ClN6O3. The number of piperazine rings is 2. The van der Waals surface area contributed by atoms with E-state index in [1.54, 1.807) is 24.3 Å². The molecule has 4 heterocycles. The SMILES string of the molecule is O=C(COc1ccc(Cl)cc1)N1CCN(c2ccc(N3CCN(CC4CCCO4)CC3)nn2)CC1. The average molecular weight is 501 g/mol. The Morgan fingerprint density at radius 1 is 0.914 bits per heavy atom. The third-order valence-electron chi connectivity index (χ3n) is 6.95. The van der Waals surface area contributed by atoms with E-state index in [-0.39, 0.29) is 12.5 Å². The Labute approximate surface area is 211 Å². The van der Waals surface area contributed by atoms with Crippen LogP contribution in [0.1, 0.15) is 12.8 Å².